The molecular weight excluding hydrogens is 246 g/mol. The van der Waals surface area contributed by atoms with Crippen molar-refractivity contribution in [1.82, 2.24) is 15.6 Å². The Bertz CT molecular complexity index is 420. The van der Waals surface area contributed by atoms with Gasteiger partial charge in [0.15, 0.2) is 0 Å². The molecule has 0 aliphatic heterocycles. The van der Waals surface area contributed by atoms with E-state index >= 15 is 0 Å². The highest BCUT2D eigenvalue weighted by molar-refractivity contribution is 5.75. The molecule has 0 bridgehead atoms. The first kappa shape index (κ1) is 14.9. The van der Waals surface area contributed by atoms with Gasteiger partial charge in [-0.2, -0.15) is 0 Å². The molecule has 3 N–H and O–H groups in total. The van der Waals surface area contributed by atoms with Crippen molar-refractivity contribution in [2.24, 2.45) is 11.8 Å². The van der Waals surface area contributed by atoms with E-state index in [0.717, 1.165) is 5.56 Å². The number of urea groups is 1. The van der Waals surface area contributed by atoms with Gasteiger partial charge in [0.05, 0.1) is 5.92 Å². The minimum atomic E-state index is -0.900. The summed E-state index contributed by atoms with van der Waals surface area (Å²) in [6.07, 6.45) is 3.32. The van der Waals surface area contributed by atoms with Crippen LogP contribution in [0.5, 0.6) is 0 Å². The fourth-order valence-electron chi connectivity index (χ4n) is 1.56. The summed E-state index contributed by atoms with van der Waals surface area (Å²) in [6, 6.07) is 3.26. The summed E-state index contributed by atoms with van der Waals surface area (Å²) < 4.78 is 0. The number of carbonyl (C=O) groups is 2. The predicted molar refractivity (Wildman–Crippen MR) is 70.4 cm³/mol. The Kier molecular flexibility index (Phi) is 5.78. The molecule has 0 radical (unpaired) electrons. The Balaban J connectivity index is 2.33. The van der Waals surface area contributed by atoms with Gasteiger partial charge >= 0.3 is 12.0 Å². The van der Waals surface area contributed by atoms with Gasteiger partial charge in [0.2, 0.25) is 0 Å². The molecule has 1 rings (SSSR count). The number of hydrogen-bond donors (Lipinski definition) is 3. The van der Waals surface area contributed by atoms with Gasteiger partial charge < -0.3 is 15.7 Å². The number of carbonyl (C=O) groups excluding carboxylic acids is 1. The zero-order valence-corrected chi connectivity index (χ0v) is 11.1. The molecule has 0 aliphatic rings. The van der Waals surface area contributed by atoms with Gasteiger partial charge in [-0.05, 0) is 17.5 Å². The largest absolute Gasteiger partial charge is 0.481 e. The number of aromatic nitrogens is 1. The summed E-state index contributed by atoms with van der Waals surface area (Å²) >= 11 is 0. The van der Waals surface area contributed by atoms with Gasteiger partial charge in [-0.3, -0.25) is 9.78 Å². The topological polar surface area (TPSA) is 91.3 Å². The van der Waals surface area contributed by atoms with Crippen molar-refractivity contribution < 1.29 is 14.7 Å². The fourth-order valence-corrected chi connectivity index (χ4v) is 1.56. The third-order valence-electron chi connectivity index (χ3n) is 2.78. The minimum absolute atomic E-state index is 0.0314. The van der Waals surface area contributed by atoms with Crippen LogP contribution in [0.4, 0.5) is 4.79 Å². The SMILES string of the molecule is CC(C)C(CNC(=O)NCc1cccnc1)C(=O)O. The average molecular weight is 265 g/mol. The van der Waals surface area contributed by atoms with E-state index in [1.54, 1.807) is 18.5 Å². The molecule has 0 saturated heterocycles. The van der Waals surface area contributed by atoms with Gasteiger partial charge in [0, 0.05) is 25.5 Å². The first-order valence-corrected chi connectivity index (χ1v) is 6.14. The quantitative estimate of drug-likeness (QED) is 0.721. The van der Waals surface area contributed by atoms with E-state index < -0.39 is 11.9 Å². The molecule has 1 atom stereocenters. The van der Waals surface area contributed by atoms with Crippen molar-refractivity contribution in [2.45, 2.75) is 20.4 Å². The van der Waals surface area contributed by atoms with E-state index in [2.05, 4.69) is 15.6 Å². The predicted octanol–water partition coefficient (Wildman–Crippen LogP) is 1.24. The number of hydrogen-bond acceptors (Lipinski definition) is 3. The molecule has 6 nitrogen and oxygen atoms in total. The molecule has 1 heterocycles. The standard InChI is InChI=1S/C13H19N3O3/c1-9(2)11(12(17)18)8-16-13(19)15-7-10-4-3-5-14-6-10/h3-6,9,11H,7-8H2,1-2H3,(H,17,18)(H2,15,16,19). The fraction of sp³-hybridized carbons (Fsp3) is 0.462. The van der Waals surface area contributed by atoms with Gasteiger partial charge in [-0.1, -0.05) is 19.9 Å². The van der Waals surface area contributed by atoms with Gasteiger partial charge in [0.25, 0.3) is 0 Å². The van der Waals surface area contributed by atoms with Crippen molar-refractivity contribution in [2.75, 3.05) is 6.54 Å². The maximum Gasteiger partial charge on any atom is 0.315 e. The number of aliphatic carboxylic acids is 1. The number of rotatable bonds is 6. The van der Waals surface area contributed by atoms with Crippen molar-refractivity contribution in [3.63, 3.8) is 0 Å². The van der Waals surface area contributed by atoms with Gasteiger partial charge in [-0.15, -0.1) is 0 Å². The van der Waals surface area contributed by atoms with Crippen LogP contribution in [0.25, 0.3) is 0 Å². The molecule has 0 aromatic carbocycles. The zero-order valence-electron chi connectivity index (χ0n) is 11.1. The van der Waals surface area contributed by atoms with Gasteiger partial charge in [0.1, 0.15) is 0 Å². The summed E-state index contributed by atoms with van der Waals surface area (Å²) in [5.41, 5.74) is 0.885. The Morgan fingerprint density at radius 3 is 2.63 bits per heavy atom. The number of nitrogens with zero attached hydrogens (tertiary/aromatic N) is 1. The zero-order chi connectivity index (χ0) is 14.3. The number of carboxylic acids is 1. The molecule has 0 spiro atoms. The van der Waals surface area contributed by atoms with E-state index in [9.17, 15) is 9.59 Å². The highest BCUT2D eigenvalue weighted by atomic mass is 16.4. The van der Waals surface area contributed by atoms with E-state index in [0.29, 0.717) is 6.54 Å². The Morgan fingerprint density at radius 1 is 1.37 bits per heavy atom. The molecule has 0 fully saturated rings. The van der Waals surface area contributed by atoms with E-state index in [-0.39, 0.29) is 18.5 Å². The lowest BCUT2D eigenvalue weighted by atomic mass is 9.96. The molecule has 19 heavy (non-hydrogen) atoms. The minimum Gasteiger partial charge on any atom is -0.481 e. The molecule has 2 amide bonds. The smallest absolute Gasteiger partial charge is 0.315 e. The molecule has 1 aromatic heterocycles. The molecule has 1 unspecified atom stereocenters. The number of amides is 2. The molecule has 6 heteroatoms. The average Bonchev–Trinajstić information content (AvgIpc) is 2.37. The third kappa shape index (κ3) is 5.37. The second kappa shape index (κ2) is 7.35. The van der Waals surface area contributed by atoms with Crippen molar-refractivity contribution in [3.05, 3.63) is 30.1 Å². The van der Waals surface area contributed by atoms with E-state index in [1.807, 2.05) is 19.9 Å². The van der Waals surface area contributed by atoms with Crippen molar-refractivity contribution >= 4 is 12.0 Å². The van der Waals surface area contributed by atoms with Crippen LogP contribution in [0.1, 0.15) is 19.4 Å². The Hall–Kier alpha value is -2.11. The van der Waals surface area contributed by atoms with E-state index in [4.69, 9.17) is 5.11 Å². The second-order valence-corrected chi connectivity index (χ2v) is 4.61. The summed E-state index contributed by atoms with van der Waals surface area (Å²) in [5.74, 6) is -1.51. The summed E-state index contributed by atoms with van der Waals surface area (Å²) in [6.45, 7) is 4.10. The Morgan fingerprint density at radius 2 is 2.11 bits per heavy atom. The first-order valence-electron chi connectivity index (χ1n) is 6.14. The number of pyridine rings is 1. The molecule has 0 saturated carbocycles. The highest BCUT2D eigenvalue weighted by Crippen LogP contribution is 2.09. The number of nitrogens with one attached hydrogen (secondary N) is 2. The van der Waals surface area contributed by atoms with Crippen LogP contribution in [0.3, 0.4) is 0 Å². The third-order valence-corrected chi connectivity index (χ3v) is 2.78. The monoisotopic (exact) mass is 265 g/mol. The summed E-state index contributed by atoms with van der Waals surface area (Å²) in [5, 5.41) is 14.2. The van der Waals surface area contributed by atoms with Crippen LogP contribution in [-0.4, -0.2) is 28.6 Å². The lowest BCUT2D eigenvalue weighted by Crippen LogP contribution is -2.41. The molecule has 0 aliphatic carbocycles. The van der Waals surface area contributed by atoms with Crippen LogP contribution in [0.2, 0.25) is 0 Å². The Labute approximate surface area is 112 Å². The van der Waals surface area contributed by atoms with Gasteiger partial charge in [-0.25, -0.2) is 4.79 Å². The van der Waals surface area contributed by atoms with E-state index in [1.165, 1.54) is 0 Å². The van der Waals surface area contributed by atoms with Crippen molar-refractivity contribution in [1.29, 1.82) is 0 Å². The van der Waals surface area contributed by atoms with Crippen LogP contribution in [0, 0.1) is 11.8 Å². The first-order chi connectivity index (χ1) is 9.00. The number of carboxylic acid groups (broad SMARTS) is 1. The highest BCUT2D eigenvalue weighted by Gasteiger charge is 2.21. The normalized spacial score (nSPS) is 11.9. The lowest BCUT2D eigenvalue weighted by Gasteiger charge is -2.16. The molecule has 104 valence electrons. The molecule has 1 aromatic rings. The lowest BCUT2D eigenvalue weighted by molar-refractivity contribution is -0.142. The van der Waals surface area contributed by atoms with Crippen molar-refractivity contribution in [3.8, 4) is 0 Å². The summed E-state index contributed by atoms with van der Waals surface area (Å²) in [4.78, 5) is 26.4. The summed E-state index contributed by atoms with van der Waals surface area (Å²) in [7, 11) is 0. The van der Waals surface area contributed by atoms with Crippen LogP contribution < -0.4 is 10.6 Å². The second-order valence-electron chi connectivity index (χ2n) is 4.61. The molecular formula is C13H19N3O3. The van der Waals surface area contributed by atoms with Crippen LogP contribution in [0.15, 0.2) is 24.5 Å². The van der Waals surface area contributed by atoms with Crippen LogP contribution in [-0.2, 0) is 11.3 Å². The maximum atomic E-state index is 11.5. The maximum absolute atomic E-state index is 11.5. The van der Waals surface area contributed by atoms with Crippen LogP contribution >= 0.6 is 0 Å².